The zero-order valence-electron chi connectivity index (χ0n) is 15.4. The number of benzene rings is 1. The van der Waals surface area contributed by atoms with E-state index in [1.165, 1.54) is 29.7 Å². The summed E-state index contributed by atoms with van der Waals surface area (Å²) in [6, 6.07) is 10.4. The van der Waals surface area contributed by atoms with E-state index in [0.29, 0.717) is 6.54 Å². The van der Waals surface area contributed by atoms with Gasteiger partial charge < -0.3 is 10.2 Å². The van der Waals surface area contributed by atoms with Crippen LogP contribution in [0.5, 0.6) is 0 Å². The third kappa shape index (κ3) is 3.74. The van der Waals surface area contributed by atoms with E-state index in [2.05, 4.69) is 42.3 Å². The Kier molecular flexibility index (Phi) is 4.92. The molecule has 3 aromatic rings. The lowest BCUT2D eigenvalue weighted by atomic mass is 9.99. The van der Waals surface area contributed by atoms with Crippen molar-refractivity contribution in [3.05, 3.63) is 40.8 Å². The Morgan fingerprint density at radius 1 is 1.23 bits per heavy atom. The van der Waals surface area contributed by atoms with Crippen LogP contribution in [0.3, 0.4) is 0 Å². The van der Waals surface area contributed by atoms with Crippen molar-refractivity contribution in [3.63, 3.8) is 0 Å². The van der Waals surface area contributed by atoms with Crippen molar-refractivity contribution < 1.29 is 4.79 Å². The lowest BCUT2D eigenvalue weighted by Crippen LogP contribution is -2.39. The van der Waals surface area contributed by atoms with Crippen LogP contribution in [0.15, 0.2) is 30.3 Å². The van der Waals surface area contributed by atoms with Gasteiger partial charge in [0.25, 0.3) is 5.91 Å². The standard InChI is InChI=1S/C21H25N3OS/c1-14-5-8-24(9-6-14)10-7-22-20(25)19-13-17-12-16-11-15(2)3-4-18(16)23-21(17)26-19/h3-4,11-14H,5-10H2,1-2H3,(H,22,25). The van der Waals surface area contributed by atoms with Crippen LogP contribution in [-0.4, -0.2) is 42.0 Å². The zero-order valence-corrected chi connectivity index (χ0v) is 16.2. The molecule has 1 aliphatic heterocycles. The monoisotopic (exact) mass is 367 g/mol. The molecule has 0 atom stereocenters. The number of aromatic nitrogens is 1. The Balaban J connectivity index is 1.42. The molecular formula is C21H25N3OS. The van der Waals surface area contributed by atoms with Gasteiger partial charge in [-0.1, -0.05) is 18.6 Å². The van der Waals surface area contributed by atoms with Gasteiger partial charge in [-0.2, -0.15) is 0 Å². The molecule has 1 saturated heterocycles. The zero-order chi connectivity index (χ0) is 18.1. The largest absolute Gasteiger partial charge is 0.350 e. The normalized spacial score (nSPS) is 16.4. The highest BCUT2D eigenvalue weighted by Crippen LogP contribution is 2.27. The van der Waals surface area contributed by atoms with Gasteiger partial charge in [-0.3, -0.25) is 4.79 Å². The van der Waals surface area contributed by atoms with Crippen LogP contribution in [-0.2, 0) is 0 Å². The number of aryl methyl sites for hydroxylation is 1. The summed E-state index contributed by atoms with van der Waals surface area (Å²) in [4.78, 5) is 21.3. The first kappa shape index (κ1) is 17.4. The molecule has 0 spiro atoms. The second-order valence-corrected chi connectivity index (χ2v) is 8.50. The predicted molar refractivity (Wildman–Crippen MR) is 109 cm³/mol. The molecule has 1 amide bonds. The second kappa shape index (κ2) is 7.33. The van der Waals surface area contributed by atoms with Crippen molar-refractivity contribution in [3.8, 4) is 0 Å². The van der Waals surface area contributed by atoms with E-state index in [-0.39, 0.29) is 5.91 Å². The summed E-state index contributed by atoms with van der Waals surface area (Å²) in [6.45, 7) is 8.34. The fourth-order valence-corrected chi connectivity index (χ4v) is 4.51. The van der Waals surface area contributed by atoms with Gasteiger partial charge in [-0.15, -0.1) is 11.3 Å². The van der Waals surface area contributed by atoms with Crippen molar-refractivity contribution >= 4 is 38.4 Å². The number of carbonyl (C=O) groups is 1. The average molecular weight is 368 g/mol. The van der Waals surface area contributed by atoms with Gasteiger partial charge in [0, 0.05) is 23.9 Å². The summed E-state index contributed by atoms with van der Waals surface area (Å²) in [5, 5.41) is 5.24. The van der Waals surface area contributed by atoms with E-state index in [4.69, 9.17) is 4.98 Å². The van der Waals surface area contributed by atoms with Crippen LogP contribution in [0.2, 0.25) is 0 Å². The molecule has 4 nitrogen and oxygen atoms in total. The van der Waals surface area contributed by atoms with Crippen molar-refractivity contribution in [2.45, 2.75) is 26.7 Å². The SMILES string of the molecule is Cc1ccc2nc3sc(C(=O)NCCN4CCC(C)CC4)cc3cc2c1. The maximum Gasteiger partial charge on any atom is 0.261 e. The van der Waals surface area contributed by atoms with Gasteiger partial charge in [0.05, 0.1) is 10.4 Å². The Hall–Kier alpha value is -1.98. The third-order valence-corrected chi connectivity index (χ3v) is 6.31. The van der Waals surface area contributed by atoms with Crippen LogP contribution >= 0.6 is 11.3 Å². The van der Waals surface area contributed by atoms with Crippen LogP contribution in [0.4, 0.5) is 0 Å². The van der Waals surface area contributed by atoms with Crippen molar-refractivity contribution in [1.29, 1.82) is 0 Å². The predicted octanol–water partition coefficient (Wildman–Crippen LogP) is 4.22. The molecule has 0 aliphatic carbocycles. The number of likely N-dealkylation sites (tertiary alicyclic amines) is 1. The molecule has 2 aromatic heterocycles. The molecule has 5 heteroatoms. The number of carbonyl (C=O) groups excluding carboxylic acids is 1. The van der Waals surface area contributed by atoms with Crippen LogP contribution < -0.4 is 5.32 Å². The van der Waals surface area contributed by atoms with Gasteiger partial charge in [0.1, 0.15) is 4.83 Å². The number of hydrogen-bond acceptors (Lipinski definition) is 4. The average Bonchev–Trinajstić information content (AvgIpc) is 3.04. The van der Waals surface area contributed by atoms with Crippen LogP contribution in [0.1, 0.15) is 35.0 Å². The number of amides is 1. The molecular weight excluding hydrogens is 342 g/mol. The van der Waals surface area contributed by atoms with Crippen molar-refractivity contribution in [2.24, 2.45) is 5.92 Å². The highest BCUT2D eigenvalue weighted by atomic mass is 32.1. The minimum absolute atomic E-state index is 0.0126. The Morgan fingerprint density at radius 2 is 2.04 bits per heavy atom. The summed E-state index contributed by atoms with van der Waals surface area (Å²) in [7, 11) is 0. The fourth-order valence-electron chi connectivity index (χ4n) is 3.57. The highest BCUT2D eigenvalue weighted by molar-refractivity contribution is 7.20. The maximum absolute atomic E-state index is 12.5. The van der Waals surface area contributed by atoms with Gasteiger partial charge in [0.2, 0.25) is 0 Å². The lowest BCUT2D eigenvalue weighted by molar-refractivity contribution is 0.0948. The summed E-state index contributed by atoms with van der Waals surface area (Å²) >= 11 is 1.47. The first-order chi connectivity index (χ1) is 12.6. The molecule has 1 aromatic carbocycles. The smallest absolute Gasteiger partial charge is 0.261 e. The number of pyridine rings is 1. The summed E-state index contributed by atoms with van der Waals surface area (Å²) < 4.78 is 0. The number of nitrogens with one attached hydrogen (secondary N) is 1. The van der Waals surface area contributed by atoms with Gasteiger partial charge in [0.15, 0.2) is 0 Å². The molecule has 1 fully saturated rings. The third-order valence-electron chi connectivity index (χ3n) is 5.27. The molecule has 0 saturated carbocycles. The molecule has 1 N–H and O–H groups in total. The summed E-state index contributed by atoms with van der Waals surface area (Å²) in [5.74, 6) is 0.852. The van der Waals surface area contributed by atoms with Crippen LogP contribution in [0, 0.1) is 12.8 Å². The number of nitrogens with zero attached hydrogens (tertiary/aromatic N) is 2. The van der Waals surface area contributed by atoms with Crippen molar-refractivity contribution in [1.82, 2.24) is 15.2 Å². The minimum atomic E-state index is 0.0126. The number of rotatable bonds is 4. The molecule has 0 radical (unpaired) electrons. The summed E-state index contributed by atoms with van der Waals surface area (Å²) in [5.41, 5.74) is 2.20. The first-order valence-corrected chi connectivity index (χ1v) is 10.2. The second-order valence-electron chi connectivity index (χ2n) is 7.47. The van der Waals surface area contributed by atoms with Gasteiger partial charge in [-0.05, 0) is 63.0 Å². The fraction of sp³-hybridized carbons (Fsp3) is 0.429. The van der Waals surface area contributed by atoms with E-state index in [0.717, 1.165) is 51.5 Å². The molecule has 0 bridgehead atoms. The number of thiophene rings is 1. The van der Waals surface area contributed by atoms with Gasteiger partial charge in [-0.25, -0.2) is 4.98 Å². The maximum atomic E-state index is 12.5. The van der Waals surface area contributed by atoms with Crippen LogP contribution in [0.25, 0.3) is 21.1 Å². The van der Waals surface area contributed by atoms with E-state index >= 15 is 0 Å². The molecule has 4 rings (SSSR count). The molecule has 26 heavy (non-hydrogen) atoms. The Labute approximate surface area is 158 Å². The molecule has 1 aliphatic rings. The van der Waals surface area contributed by atoms with E-state index in [1.54, 1.807) is 0 Å². The van der Waals surface area contributed by atoms with E-state index < -0.39 is 0 Å². The minimum Gasteiger partial charge on any atom is -0.350 e. The van der Waals surface area contributed by atoms with Gasteiger partial charge >= 0.3 is 0 Å². The quantitative estimate of drug-likeness (QED) is 0.751. The number of piperidine rings is 1. The highest BCUT2D eigenvalue weighted by Gasteiger charge is 2.16. The Bertz CT molecular complexity index is 941. The van der Waals surface area contributed by atoms with Crippen molar-refractivity contribution in [2.75, 3.05) is 26.2 Å². The number of hydrogen-bond donors (Lipinski definition) is 1. The van der Waals surface area contributed by atoms with E-state index in [1.807, 2.05) is 12.1 Å². The molecule has 136 valence electrons. The topological polar surface area (TPSA) is 45.2 Å². The van der Waals surface area contributed by atoms with E-state index in [9.17, 15) is 4.79 Å². The first-order valence-electron chi connectivity index (χ1n) is 9.40. The lowest BCUT2D eigenvalue weighted by Gasteiger charge is -2.30. The molecule has 0 unspecified atom stereocenters. The number of fused-ring (bicyclic) bond motifs is 2. The summed E-state index contributed by atoms with van der Waals surface area (Å²) in [6.07, 6.45) is 2.53. The molecule has 3 heterocycles. The Morgan fingerprint density at radius 3 is 2.85 bits per heavy atom.